The van der Waals surface area contributed by atoms with E-state index in [1.165, 1.54) is 0 Å². The van der Waals surface area contributed by atoms with Crippen LogP contribution in [0.2, 0.25) is 5.02 Å². The second-order valence-corrected chi connectivity index (χ2v) is 6.64. The maximum absolute atomic E-state index is 12.0. The van der Waals surface area contributed by atoms with Gasteiger partial charge in [-0.25, -0.2) is 0 Å². The number of ether oxygens (including phenoxy) is 2. The molecule has 0 fully saturated rings. The van der Waals surface area contributed by atoms with Gasteiger partial charge in [0.1, 0.15) is 17.3 Å². The van der Waals surface area contributed by atoms with Crippen LogP contribution in [0.5, 0.6) is 11.5 Å². The van der Waals surface area contributed by atoms with Gasteiger partial charge in [-0.15, -0.1) is 10.2 Å². The number of hydrogen-bond donors (Lipinski definition) is 0. The number of benzene rings is 2. The van der Waals surface area contributed by atoms with Gasteiger partial charge in [0.15, 0.2) is 0 Å². The molecule has 0 radical (unpaired) electrons. The summed E-state index contributed by atoms with van der Waals surface area (Å²) in [6.07, 6.45) is 0. The molecule has 8 heteroatoms. The van der Waals surface area contributed by atoms with Crippen LogP contribution in [0.4, 0.5) is 0 Å². The minimum Gasteiger partial charge on any atom is -0.497 e. The van der Waals surface area contributed by atoms with E-state index in [0.29, 0.717) is 21.9 Å². The summed E-state index contributed by atoms with van der Waals surface area (Å²) >= 11 is 7.00. The maximum Gasteiger partial charge on any atom is 0.321 e. The second kappa shape index (κ2) is 8.25. The molecule has 3 aromatic rings. The molecule has 0 bridgehead atoms. The van der Waals surface area contributed by atoms with Crippen molar-refractivity contribution in [1.82, 2.24) is 10.2 Å². The number of hydrogen-bond acceptors (Lipinski definition) is 7. The third-order valence-electron chi connectivity index (χ3n) is 3.42. The number of aromatic nitrogens is 2. The van der Waals surface area contributed by atoms with Crippen molar-refractivity contribution in [3.05, 3.63) is 53.1 Å². The molecule has 2 aromatic carbocycles. The summed E-state index contributed by atoms with van der Waals surface area (Å²) in [6, 6.07) is 12.3. The first-order valence-corrected chi connectivity index (χ1v) is 8.99. The molecule has 1 heterocycles. The molecule has 0 unspecified atom stereocenters. The Morgan fingerprint density at radius 2 is 1.96 bits per heavy atom. The van der Waals surface area contributed by atoms with Gasteiger partial charge in [-0.3, -0.25) is 4.79 Å². The standard InChI is InChI=1S/C18H15ClN2O4S/c1-11-9-13(19)5-8-15(11)24-16(22)10-26-18-21-20-17(25-18)12-3-6-14(23-2)7-4-12/h3-9H,10H2,1-2H3. The number of halogens is 1. The van der Waals surface area contributed by atoms with Crippen LogP contribution in [-0.4, -0.2) is 29.0 Å². The molecule has 3 rings (SSSR count). The third kappa shape index (κ3) is 4.56. The summed E-state index contributed by atoms with van der Waals surface area (Å²) in [6.45, 7) is 1.82. The number of methoxy groups -OCH3 is 1. The summed E-state index contributed by atoms with van der Waals surface area (Å²) < 4.78 is 16.0. The lowest BCUT2D eigenvalue weighted by Crippen LogP contribution is -2.11. The van der Waals surface area contributed by atoms with Crippen molar-refractivity contribution < 1.29 is 18.7 Å². The van der Waals surface area contributed by atoms with Crippen LogP contribution in [0.25, 0.3) is 11.5 Å². The van der Waals surface area contributed by atoms with E-state index in [1.54, 1.807) is 37.4 Å². The zero-order chi connectivity index (χ0) is 18.5. The van der Waals surface area contributed by atoms with Gasteiger partial charge in [-0.1, -0.05) is 23.4 Å². The number of carbonyl (C=O) groups is 1. The quantitative estimate of drug-likeness (QED) is 0.350. The Morgan fingerprint density at radius 1 is 1.19 bits per heavy atom. The van der Waals surface area contributed by atoms with Gasteiger partial charge >= 0.3 is 5.97 Å². The van der Waals surface area contributed by atoms with Crippen LogP contribution in [0.3, 0.4) is 0 Å². The minimum absolute atomic E-state index is 0.0479. The molecule has 1 aromatic heterocycles. The molecule has 0 aliphatic heterocycles. The zero-order valence-corrected chi connectivity index (χ0v) is 15.6. The van der Waals surface area contributed by atoms with E-state index < -0.39 is 5.97 Å². The van der Waals surface area contributed by atoms with Gasteiger partial charge in [0.25, 0.3) is 5.22 Å². The van der Waals surface area contributed by atoms with E-state index in [1.807, 2.05) is 19.1 Å². The molecule has 6 nitrogen and oxygen atoms in total. The molecule has 0 aliphatic rings. The number of thioether (sulfide) groups is 1. The Bertz CT molecular complexity index is 912. The summed E-state index contributed by atoms with van der Waals surface area (Å²) in [5, 5.41) is 8.80. The lowest BCUT2D eigenvalue weighted by Gasteiger charge is -2.06. The number of nitrogens with zero attached hydrogens (tertiary/aromatic N) is 2. The van der Waals surface area contributed by atoms with Crippen molar-refractivity contribution in [3.63, 3.8) is 0 Å². The fourth-order valence-corrected chi connectivity index (χ4v) is 2.88. The van der Waals surface area contributed by atoms with Gasteiger partial charge in [0.05, 0.1) is 7.11 Å². The summed E-state index contributed by atoms with van der Waals surface area (Å²) in [5.74, 6) is 1.22. The molecule has 0 saturated carbocycles. The Balaban J connectivity index is 1.58. The first kappa shape index (κ1) is 18.3. The molecular weight excluding hydrogens is 376 g/mol. The monoisotopic (exact) mass is 390 g/mol. The van der Waals surface area contributed by atoms with Gasteiger partial charge in [0.2, 0.25) is 5.89 Å². The van der Waals surface area contributed by atoms with E-state index in [0.717, 1.165) is 28.6 Å². The van der Waals surface area contributed by atoms with E-state index in [-0.39, 0.29) is 5.75 Å². The highest BCUT2D eigenvalue weighted by atomic mass is 35.5. The maximum atomic E-state index is 12.0. The molecule has 0 amide bonds. The summed E-state index contributed by atoms with van der Waals surface area (Å²) in [4.78, 5) is 12.0. The van der Waals surface area contributed by atoms with Crippen LogP contribution < -0.4 is 9.47 Å². The SMILES string of the molecule is COc1ccc(-c2nnc(SCC(=O)Oc3ccc(Cl)cc3C)o2)cc1. The molecule has 0 N–H and O–H groups in total. The van der Waals surface area contributed by atoms with Crippen molar-refractivity contribution in [2.75, 3.05) is 12.9 Å². The van der Waals surface area contributed by atoms with E-state index in [2.05, 4.69) is 10.2 Å². The highest BCUT2D eigenvalue weighted by Crippen LogP contribution is 2.26. The molecular formula is C18H15ClN2O4S. The fraction of sp³-hybridized carbons (Fsp3) is 0.167. The van der Waals surface area contributed by atoms with Gasteiger partial charge < -0.3 is 13.9 Å². The topological polar surface area (TPSA) is 74.5 Å². The minimum atomic E-state index is -0.412. The average molecular weight is 391 g/mol. The lowest BCUT2D eigenvalue weighted by atomic mass is 10.2. The molecule has 0 aliphatic carbocycles. The molecule has 0 spiro atoms. The first-order chi connectivity index (χ1) is 12.5. The number of esters is 1. The van der Waals surface area contributed by atoms with Crippen molar-refractivity contribution in [2.45, 2.75) is 12.1 Å². The van der Waals surface area contributed by atoms with Gasteiger partial charge in [-0.05, 0) is 55.0 Å². The van der Waals surface area contributed by atoms with Crippen LogP contribution in [0, 0.1) is 6.92 Å². The normalized spacial score (nSPS) is 10.6. The molecule has 26 heavy (non-hydrogen) atoms. The number of aryl methyl sites for hydroxylation is 1. The number of rotatable bonds is 6. The van der Waals surface area contributed by atoms with E-state index in [4.69, 9.17) is 25.5 Å². The second-order valence-electron chi connectivity index (χ2n) is 5.27. The van der Waals surface area contributed by atoms with Crippen molar-refractivity contribution in [3.8, 4) is 23.0 Å². The smallest absolute Gasteiger partial charge is 0.321 e. The Morgan fingerprint density at radius 3 is 2.65 bits per heavy atom. The van der Waals surface area contributed by atoms with Gasteiger partial charge in [-0.2, -0.15) is 0 Å². The predicted octanol–water partition coefficient (Wildman–Crippen LogP) is 4.40. The number of carbonyl (C=O) groups excluding carboxylic acids is 1. The summed E-state index contributed by atoms with van der Waals surface area (Å²) in [5.41, 5.74) is 1.56. The predicted molar refractivity (Wildman–Crippen MR) is 98.8 cm³/mol. The first-order valence-electron chi connectivity index (χ1n) is 7.62. The van der Waals surface area contributed by atoms with Crippen molar-refractivity contribution in [1.29, 1.82) is 0 Å². The molecule has 0 atom stereocenters. The highest BCUT2D eigenvalue weighted by molar-refractivity contribution is 7.99. The Hall–Kier alpha value is -2.51. The van der Waals surface area contributed by atoms with Crippen LogP contribution in [-0.2, 0) is 4.79 Å². The molecule has 134 valence electrons. The van der Waals surface area contributed by atoms with Crippen molar-refractivity contribution >= 4 is 29.3 Å². The van der Waals surface area contributed by atoms with Crippen LogP contribution in [0.15, 0.2) is 52.1 Å². The average Bonchev–Trinajstić information content (AvgIpc) is 3.11. The molecule has 0 saturated heterocycles. The van der Waals surface area contributed by atoms with Crippen LogP contribution >= 0.6 is 23.4 Å². The fourth-order valence-electron chi connectivity index (χ4n) is 2.12. The zero-order valence-electron chi connectivity index (χ0n) is 14.1. The largest absolute Gasteiger partial charge is 0.497 e. The Labute approximate surface area is 159 Å². The van der Waals surface area contributed by atoms with E-state index >= 15 is 0 Å². The van der Waals surface area contributed by atoms with Crippen molar-refractivity contribution in [2.24, 2.45) is 0 Å². The third-order valence-corrected chi connectivity index (χ3v) is 4.44. The Kier molecular flexibility index (Phi) is 5.80. The highest BCUT2D eigenvalue weighted by Gasteiger charge is 2.13. The summed E-state index contributed by atoms with van der Waals surface area (Å²) in [7, 11) is 1.60. The van der Waals surface area contributed by atoms with Gasteiger partial charge in [0, 0.05) is 10.6 Å². The lowest BCUT2D eigenvalue weighted by molar-refractivity contribution is -0.131. The van der Waals surface area contributed by atoms with E-state index in [9.17, 15) is 4.79 Å². The van der Waals surface area contributed by atoms with Crippen LogP contribution in [0.1, 0.15) is 5.56 Å².